The molecule has 0 atom stereocenters. The molecular formula is C64H43NS. The van der Waals surface area contributed by atoms with Gasteiger partial charge >= 0.3 is 0 Å². The minimum Gasteiger partial charge on any atom is -0.310 e. The lowest BCUT2D eigenvalue weighted by Gasteiger charge is -2.28. The normalized spacial score (nSPS) is 11.3. The van der Waals surface area contributed by atoms with Gasteiger partial charge in [0.15, 0.2) is 0 Å². The number of hydrogen-bond donors (Lipinski definition) is 0. The highest BCUT2D eigenvalue weighted by Gasteiger charge is 2.19. The Morgan fingerprint density at radius 3 is 1.39 bits per heavy atom. The van der Waals surface area contributed by atoms with Crippen LogP contribution in [0.1, 0.15) is 0 Å². The van der Waals surface area contributed by atoms with E-state index in [4.69, 9.17) is 0 Å². The van der Waals surface area contributed by atoms with Gasteiger partial charge in [0.1, 0.15) is 0 Å². The predicted octanol–water partition coefficient (Wildman–Crippen LogP) is 18.7. The molecule has 0 aliphatic heterocycles. The molecule has 0 saturated carbocycles. The summed E-state index contributed by atoms with van der Waals surface area (Å²) >= 11 is 1.86. The van der Waals surface area contributed by atoms with Crippen LogP contribution in [-0.2, 0) is 0 Å². The van der Waals surface area contributed by atoms with Gasteiger partial charge < -0.3 is 4.90 Å². The number of thiophene rings is 1. The maximum Gasteiger partial charge on any atom is 0.0540 e. The molecule has 12 aromatic rings. The third kappa shape index (κ3) is 7.34. The number of rotatable bonds is 9. The van der Waals surface area contributed by atoms with Crippen LogP contribution in [0.25, 0.3) is 97.7 Å². The van der Waals surface area contributed by atoms with Crippen LogP contribution >= 0.6 is 11.3 Å². The molecular weight excluding hydrogens is 815 g/mol. The molecule has 0 fully saturated rings. The highest BCUT2D eigenvalue weighted by atomic mass is 32.1. The number of fused-ring (bicyclic) bond motifs is 4. The number of anilines is 3. The van der Waals surface area contributed by atoms with E-state index in [1.165, 1.54) is 81.0 Å². The highest BCUT2D eigenvalue weighted by molar-refractivity contribution is 7.25. The molecule has 0 bridgehead atoms. The maximum absolute atomic E-state index is 2.42. The van der Waals surface area contributed by atoms with Crippen molar-refractivity contribution < 1.29 is 0 Å². The molecule has 0 amide bonds. The van der Waals surface area contributed by atoms with Gasteiger partial charge in [0.25, 0.3) is 0 Å². The summed E-state index contributed by atoms with van der Waals surface area (Å²) in [5.41, 5.74) is 17.6. The van der Waals surface area contributed by atoms with Crippen LogP contribution in [0.5, 0.6) is 0 Å². The summed E-state index contributed by atoms with van der Waals surface area (Å²) in [5.74, 6) is 0. The van der Waals surface area contributed by atoms with E-state index in [0.717, 1.165) is 33.8 Å². The summed E-state index contributed by atoms with van der Waals surface area (Å²) in [6, 6.07) is 95.2. The number of benzene rings is 11. The van der Waals surface area contributed by atoms with Gasteiger partial charge in [-0.1, -0.05) is 194 Å². The Kier molecular flexibility index (Phi) is 10.1. The first-order chi connectivity index (χ1) is 32.7. The van der Waals surface area contributed by atoms with Crippen molar-refractivity contribution in [1.29, 1.82) is 0 Å². The smallest absolute Gasteiger partial charge is 0.0540 e. The summed E-state index contributed by atoms with van der Waals surface area (Å²) in [6.45, 7) is 0. The first-order valence-electron chi connectivity index (χ1n) is 22.6. The van der Waals surface area contributed by atoms with E-state index in [1.54, 1.807) is 0 Å². The monoisotopic (exact) mass is 857 g/mol. The summed E-state index contributed by atoms with van der Waals surface area (Å²) in [5, 5.41) is 5.12. The second-order valence-electron chi connectivity index (χ2n) is 16.9. The quantitative estimate of drug-likeness (QED) is 0.140. The maximum atomic E-state index is 2.42. The van der Waals surface area contributed by atoms with Crippen molar-refractivity contribution in [2.45, 2.75) is 0 Å². The third-order valence-electron chi connectivity index (χ3n) is 12.9. The van der Waals surface area contributed by atoms with Crippen LogP contribution in [0.2, 0.25) is 0 Å². The Morgan fingerprint density at radius 1 is 0.258 bits per heavy atom. The minimum absolute atomic E-state index is 1.08. The molecule has 0 radical (unpaired) electrons. The van der Waals surface area contributed by atoms with Gasteiger partial charge in [0.05, 0.1) is 5.69 Å². The van der Waals surface area contributed by atoms with Crippen LogP contribution in [0, 0.1) is 0 Å². The van der Waals surface area contributed by atoms with Crippen molar-refractivity contribution in [2.24, 2.45) is 0 Å². The van der Waals surface area contributed by atoms with Gasteiger partial charge in [0, 0.05) is 37.1 Å². The van der Waals surface area contributed by atoms with Crippen molar-refractivity contribution in [3.63, 3.8) is 0 Å². The van der Waals surface area contributed by atoms with E-state index in [9.17, 15) is 0 Å². The molecule has 11 aromatic carbocycles. The standard InChI is InChI=1S/C64H43NS/c1-3-16-44(17-4-1)51-41-52(45-18-5-2-6-19-45)43-53(42-51)46-32-36-54(37-33-46)65(55-38-34-48(35-39-55)59-28-15-31-63-64(59)60-26-10-12-30-62(60)66-63)61-29-11-9-25-58(61)50-23-13-22-49(40-50)57-27-14-21-47-20-7-8-24-56(47)57/h1-43H. The van der Waals surface area contributed by atoms with Crippen LogP contribution in [-0.4, -0.2) is 0 Å². The molecule has 0 saturated heterocycles. The zero-order valence-corrected chi connectivity index (χ0v) is 37.0. The molecule has 0 N–H and O–H groups in total. The van der Waals surface area contributed by atoms with Gasteiger partial charge in [-0.2, -0.15) is 0 Å². The second-order valence-corrected chi connectivity index (χ2v) is 17.9. The number of para-hydroxylation sites is 1. The Hall–Kier alpha value is -8.30. The molecule has 0 aliphatic rings. The van der Waals surface area contributed by atoms with E-state index >= 15 is 0 Å². The SMILES string of the molecule is c1ccc(-c2cc(-c3ccccc3)cc(-c3ccc(N(c4ccc(-c5cccc6sc7ccccc7c56)cc4)c4ccccc4-c4cccc(-c5cccc6ccccc56)c4)cc3)c2)cc1. The van der Waals surface area contributed by atoms with Gasteiger partial charge in [0.2, 0.25) is 0 Å². The van der Waals surface area contributed by atoms with Gasteiger partial charge in [-0.25, -0.2) is 0 Å². The average molecular weight is 858 g/mol. The largest absolute Gasteiger partial charge is 0.310 e. The Balaban J connectivity index is 0.990. The molecule has 1 heterocycles. The van der Waals surface area contributed by atoms with Crippen LogP contribution in [0.4, 0.5) is 17.1 Å². The second kappa shape index (κ2) is 17.0. The lowest BCUT2D eigenvalue weighted by molar-refractivity contribution is 1.28. The van der Waals surface area contributed by atoms with Crippen molar-refractivity contribution in [1.82, 2.24) is 0 Å². The summed E-state index contributed by atoms with van der Waals surface area (Å²) in [6.07, 6.45) is 0. The van der Waals surface area contributed by atoms with Gasteiger partial charge in [-0.05, 0) is 139 Å². The van der Waals surface area contributed by atoms with Gasteiger partial charge in [-0.3, -0.25) is 0 Å². The lowest BCUT2D eigenvalue weighted by atomic mass is 9.93. The van der Waals surface area contributed by atoms with Crippen LogP contribution in [0.3, 0.4) is 0 Å². The minimum atomic E-state index is 1.08. The number of nitrogens with zero attached hydrogens (tertiary/aromatic N) is 1. The molecule has 0 aliphatic carbocycles. The summed E-state index contributed by atoms with van der Waals surface area (Å²) < 4.78 is 2.62. The fourth-order valence-corrected chi connectivity index (χ4v) is 10.8. The Morgan fingerprint density at radius 2 is 0.697 bits per heavy atom. The Bertz CT molecular complexity index is 3620. The third-order valence-corrected chi connectivity index (χ3v) is 14.0. The van der Waals surface area contributed by atoms with Crippen LogP contribution < -0.4 is 4.90 Å². The fourth-order valence-electron chi connectivity index (χ4n) is 9.67. The molecule has 310 valence electrons. The Labute approximate surface area is 389 Å². The molecule has 1 aromatic heterocycles. The molecule has 66 heavy (non-hydrogen) atoms. The fraction of sp³-hybridized carbons (Fsp3) is 0. The molecule has 12 rings (SSSR count). The van der Waals surface area contributed by atoms with E-state index in [1.807, 2.05) is 11.3 Å². The molecule has 2 heteroatoms. The highest BCUT2D eigenvalue weighted by Crippen LogP contribution is 2.45. The van der Waals surface area contributed by atoms with E-state index < -0.39 is 0 Å². The predicted molar refractivity (Wildman–Crippen MR) is 284 cm³/mol. The van der Waals surface area contributed by atoms with E-state index in [-0.39, 0.29) is 0 Å². The molecule has 0 unspecified atom stereocenters. The zero-order valence-electron chi connectivity index (χ0n) is 36.2. The van der Waals surface area contributed by atoms with Crippen molar-refractivity contribution in [3.05, 3.63) is 261 Å². The zero-order chi connectivity index (χ0) is 43.8. The van der Waals surface area contributed by atoms with Crippen molar-refractivity contribution in [2.75, 3.05) is 4.90 Å². The van der Waals surface area contributed by atoms with E-state index in [0.29, 0.717) is 0 Å². The van der Waals surface area contributed by atoms with Crippen LogP contribution in [0.15, 0.2) is 261 Å². The first-order valence-corrected chi connectivity index (χ1v) is 23.4. The van der Waals surface area contributed by atoms with E-state index in [2.05, 4.69) is 266 Å². The van der Waals surface area contributed by atoms with Gasteiger partial charge in [-0.15, -0.1) is 11.3 Å². The molecule has 1 nitrogen and oxygen atoms in total. The first kappa shape index (κ1) is 39.3. The summed E-state index contributed by atoms with van der Waals surface area (Å²) in [7, 11) is 0. The topological polar surface area (TPSA) is 3.24 Å². The number of hydrogen-bond acceptors (Lipinski definition) is 2. The lowest BCUT2D eigenvalue weighted by Crippen LogP contribution is -2.11. The summed E-state index contributed by atoms with van der Waals surface area (Å²) in [4.78, 5) is 2.42. The van der Waals surface area contributed by atoms with Crippen molar-refractivity contribution >= 4 is 59.3 Å². The van der Waals surface area contributed by atoms with Crippen molar-refractivity contribution in [3.8, 4) is 66.8 Å². The molecule has 0 spiro atoms. The average Bonchev–Trinajstić information content (AvgIpc) is 3.79.